The molecule has 0 aliphatic carbocycles. The molecule has 0 spiro atoms. The number of nitrogens with zero attached hydrogens (tertiary/aromatic N) is 4. The fourth-order valence-electron chi connectivity index (χ4n) is 4.14. The van der Waals surface area contributed by atoms with Crippen LogP contribution >= 0.6 is 11.6 Å². The highest BCUT2D eigenvalue weighted by Crippen LogP contribution is 2.29. The smallest absolute Gasteiger partial charge is 0.270 e. The topological polar surface area (TPSA) is 66.8 Å². The number of aryl methyl sites for hydroxylation is 1. The van der Waals surface area contributed by atoms with E-state index >= 15 is 0 Å². The van der Waals surface area contributed by atoms with Crippen molar-refractivity contribution in [2.75, 3.05) is 13.1 Å². The minimum absolute atomic E-state index is 0.0188. The zero-order chi connectivity index (χ0) is 19.3. The van der Waals surface area contributed by atoms with Crippen molar-refractivity contribution >= 4 is 39.6 Å². The van der Waals surface area contributed by atoms with Gasteiger partial charge in [0.25, 0.3) is 5.91 Å². The van der Waals surface area contributed by atoms with Crippen LogP contribution in [0.3, 0.4) is 0 Å². The van der Waals surface area contributed by atoms with Crippen LogP contribution in [0.2, 0.25) is 5.02 Å². The van der Waals surface area contributed by atoms with Crippen LogP contribution in [-0.4, -0.2) is 43.4 Å². The molecule has 1 saturated heterocycles. The van der Waals surface area contributed by atoms with Crippen molar-refractivity contribution in [3.05, 3.63) is 59.1 Å². The molecule has 28 heavy (non-hydrogen) atoms. The number of carbonyl (C=O) groups is 1. The van der Waals surface area contributed by atoms with Gasteiger partial charge < -0.3 is 14.5 Å². The second-order valence-corrected chi connectivity index (χ2v) is 7.64. The highest BCUT2D eigenvalue weighted by molar-refractivity contribution is 6.31. The maximum Gasteiger partial charge on any atom is 0.270 e. The van der Waals surface area contributed by atoms with Gasteiger partial charge in [-0.2, -0.15) is 0 Å². The van der Waals surface area contributed by atoms with Crippen LogP contribution < -0.4 is 0 Å². The van der Waals surface area contributed by atoms with E-state index in [4.69, 9.17) is 16.6 Å². The number of rotatable bonds is 3. The molecule has 142 valence electrons. The first-order valence-electron chi connectivity index (χ1n) is 9.53. The molecule has 0 saturated carbocycles. The number of imidazole rings is 1. The summed E-state index contributed by atoms with van der Waals surface area (Å²) in [6, 6.07) is 11.6. The number of hydrogen-bond acceptors (Lipinski definition) is 3. The Morgan fingerprint density at radius 3 is 3.07 bits per heavy atom. The number of H-pyrrole nitrogens is 1. The fraction of sp³-hybridized carbons (Fsp3) is 0.286. The molecule has 1 amide bonds. The average molecular weight is 394 g/mol. The first-order valence-corrected chi connectivity index (χ1v) is 9.91. The molecule has 1 N–H and O–H groups in total. The Morgan fingerprint density at radius 2 is 2.21 bits per heavy atom. The van der Waals surface area contributed by atoms with E-state index in [1.54, 1.807) is 6.20 Å². The molecule has 0 radical (unpaired) electrons. The van der Waals surface area contributed by atoms with Crippen molar-refractivity contribution in [3.63, 3.8) is 0 Å². The molecule has 1 aliphatic heterocycles. The number of aromatic nitrogens is 4. The molecule has 6 nitrogen and oxygen atoms in total. The third kappa shape index (κ3) is 2.76. The predicted molar refractivity (Wildman–Crippen MR) is 110 cm³/mol. The molecular weight excluding hydrogens is 374 g/mol. The number of likely N-dealkylation sites (tertiary alicyclic amines) is 1. The quantitative estimate of drug-likeness (QED) is 0.566. The lowest BCUT2D eigenvalue weighted by molar-refractivity contribution is 0.0783. The van der Waals surface area contributed by atoms with Gasteiger partial charge in [-0.05, 0) is 42.8 Å². The highest BCUT2D eigenvalue weighted by atomic mass is 35.5. The van der Waals surface area contributed by atoms with Crippen molar-refractivity contribution in [3.8, 4) is 0 Å². The molecule has 1 fully saturated rings. The molecule has 1 unspecified atom stereocenters. The molecule has 1 atom stereocenters. The predicted octanol–water partition coefficient (Wildman–Crippen LogP) is 4.22. The normalized spacial score (nSPS) is 17.1. The van der Waals surface area contributed by atoms with Crippen LogP contribution in [0.1, 0.15) is 35.7 Å². The Labute approximate surface area is 167 Å². The number of benzene rings is 1. The largest absolute Gasteiger partial charge is 0.351 e. The molecule has 0 bridgehead atoms. The van der Waals surface area contributed by atoms with E-state index < -0.39 is 0 Å². The van der Waals surface area contributed by atoms with E-state index in [0.29, 0.717) is 17.3 Å². The van der Waals surface area contributed by atoms with E-state index in [0.717, 1.165) is 47.3 Å². The minimum atomic E-state index is 0.0188. The molecule has 4 heterocycles. The third-order valence-corrected chi connectivity index (χ3v) is 5.70. The summed E-state index contributed by atoms with van der Waals surface area (Å²) in [4.78, 5) is 27.4. The SMILES string of the molecule is CCc1nc2cccnc2n1C1CCN(C(=O)c2cc3cc(Cl)ccc3[nH]2)C1. The van der Waals surface area contributed by atoms with E-state index in [1.807, 2.05) is 41.3 Å². The van der Waals surface area contributed by atoms with Crippen LogP contribution in [0, 0.1) is 0 Å². The van der Waals surface area contributed by atoms with Gasteiger partial charge in [0, 0.05) is 41.6 Å². The first-order chi connectivity index (χ1) is 13.6. The van der Waals surface area contributed by atoms with Crippen molar-refractivity contribution in [1.82, 2.24) is 24.4 Å². The Morgan fingerprint density at radius 1 is 1.32 bits per heavy atom. The minimum Gasteiger partial charge on any atom is -0.351 e. The standard InChI is InChI=1S/C21H20ClN5O/c1-2-19-25-17-4-3-8-23-20(17)27(19)15-7-9-26(12-15)21(28)18-11-13-10-14(22)5-6-16(13)24-18/h3-6,8,10-11,15,24H,2,7,9,12H2,1H3. The van der Waals surface area contributed by atoms with Crippen LogP contribution in [0.5, 0.6) is 0 Å². The molecule has 4 aromatic rings. The van der Waals surface area contributed by atoms with Gasteiger partial charge in [0.05, 0.1) is 6.04 Å². The Bertz CT molecular complexity index is 1190. The summed E-state index contributed by atoms with van der Waals surface area (Å²) in [6.07, 6.45) is 3.53. The summed E-state index contributed by atoms with van der Waals surface area (Å²) < 4.78 is 2.22. The van der Waals surface area contributed by atoms with E-state index in [-0.39, 0.29) is 11.9 Å². The molecule has 7 heteroatoms. The van der Waals surface area contributed by atoms with Crippen molar-refractivity contribution in [1.29, 1.82) is 0 Å². The number of fused-ring (bicyclic) bond motifs is 2. The maximum absolute atomic E-state index is 13.1. The second kappa shape index (κ2) is 6.63. The van der Waals surface area contributed by atoms with Crippen molar-refractivity contribution in [2.45, 2.75) is 25.8 Å². The summed E-state index contributed by atoms with van der Waals surface area (Å²) in [7, 11) is 0. The maximum atomic E-state index is 13.1. The summed E-state index contributed by atoms with van der Waals surface area (Å²) in [6.45, 7) is 3.48. The molecule has 3 aromatic heterocycles. The first kappa shape index (κ1) is 17.3. The number of carbonyl (C=O) groups excluding carboxylic acids is 1. The van der Waals surface area contributed by atoms with Gasteiger partial charge in [0.2, 0.25) is 0 Å². The van der Waals surface area contributed by atoms with Gasteiger partial charge in [-0.3, -0.25) is 4.79 Å². The molecule has 5 rings (SSSR count). The number of halogens is 1. The molecular formula is C21H20ClN5O. The van der Waals surface area contributed by atoms with Crippen molar-refractivity contribution < 1.29 is 4.79 Å². The van der Waals surface area contributed by atoms with Crippen LogP contribution in [0.4, 0.5) is 0 Å². The van der Waals surface area contributed by atoms with Gasteiger partial charge in [0.1, 0.15) is 17.0 Å². The lowest BCUT2D eigenvalue weighted by Gasteiger charge is -2.18. The monoisotopic (exact) mass is 393 g/mol. The van der Waals surface area contributed by atoms with Crippen molar-refractivity contribution in [2.24, 2.45) is 0 Å². The zero-order valence-electron chi connectivity index (χ0n) is 15.5. The number of pyridine rings is 1. The number of aromatic amines is 1. The molecule has 1 aliphatic rings. The number of nitrogens with one attached hydrogen (secondary N) is 1. The van der Waals surface area contributed by atoms with Gasteiger partial charge in [-0.15, -0.1) is 0 Å². The highest BCUT2D eigenvalue weighted by Gasteiger charge is 2.31. The summed E-state index contributed by atoms with van der Waals surface area (Å²) in [5.41, 5.74) is 3.33. The lowest BCUT2D eigenvalue weighted by atomic mass is 10.2. The Kier molecular flexibility index (Phi) is 4.09. The average Bonchev–Trinajstić information content (AvgIpc) is 3.42. The summed E-state index contributed by atoms with van der Waals surface area (Å²) in [5.74, 6) is 1.04. The third-order valence-electron chi connectivity index (χ3n) is 5.47. The Balaban J connectivity index is 1.43. The number of amides is 1. The number of hydrogen-bond donors (Lipinski definition) is 1. The van der Waals surface area contributed by atoms with Gasteiger partial charge in [0.15, 0.2) is 5.65 Å². The second-order valence-electron chi connectivity index (χ2n) is 7.21. The Hall–Kier alpha value is -2.86. The van der Waals surface area contributed by atoms with Gasteiger partial charge in [-0.1, -0.05) is 18.5 Å². The van der Waals surface area contributed by atoms with E-state index in [9.17, 15) is 4.79 Å². The summed E-state index contributed by atoms with van der Waals surface area (Å²) >= 11 is 6.06. The van der Waals surface area contributed by atoms with Gasteiger partial charge in [-0.25, -0.2) is 9.97 Å². The van der Waals surface area contributed by atoms with E-state index in [1.165, 1.54) is 0 Å². The van der Waals surface area contributed by atoms with Crippen LogP contribution in [0.25, 0.3) is 22.1 Å². The van der Waals surface area contributed by atoms with Gasteiger partial charge >= 0.3 is 0 Å². The lowest BCUT2D eigenvalue weighted by Crippen LogP contribution is -2.29. The van der Waals surface area contributed by atoms with Crippen LogP contribution in [0.15, 0.2) is 42.6 Å². The molecule has 1 aromatic carbocycles. The van der Waals surface area contributed by atoms with E-state index in [2.05, 4.69) is 21.5 Å². The summed E-state index contributed by atoms with van der Waals surface area (Å²) in [5, 5.41) is 1.61. The zero-order valence-corrected chi connectivity index (χ0v) is 16.3. The van der Waals surface area contributed by atoms with Crippen LogP contribution in [-0.2, 0) is 6.42 Å². The fourth-order valence-corrected chi connectivity index (χ4v) is 4.32.